The van der Waals surface area contributed by atoms with E-state index in [0.717, 1.165) is 25.2 Å². The summed E-state index contributed by atoms with van der Waals surface area (Å²) in [7, 11) is 1.57. The van der Waals surface area contributed by atoms with Crippen LogP contribution in [0.15, 0.2) is 24.5 Å². The molecule has 4 rings (SSSR count). The number of imidazole rings is 1. The molecule has 2 aromatic rings. The Morgan fingerprint density at radius 3 is 2.80 bits per heavy atom. The van der Waals surface area contributed by atoms with E-state index in [-0.39, 0.29) is 17.9 Å². The molecule has 3 N–H and O–H groups in total. The number of aromatic nitrogens is 3. The second kappa shape index (κ2) is 8.69. The number of rotatable bonds is 5. The van der Waals surface area contributed by atoms with Gasteiger partial charge in [0.1, 0.15) is 17.3 Å². The lowest BCUT2D eigenvalue weighted by Gasteiger charge is -2.30. The molecule has 0 bridgehead atoms. The fourth-order valence-corrected chi connectivity index (χ4v) is 4.09. The second-order valence-electron chi connectivity index (χ2n) is 8.03. The fraction of sp³-hybridized carbons (Fsp3) is 0.455. The van der Waals surface area contributed by atoms with Crippen LogP contribution in [0.4, 0.5) is 11.5 Å². The van der Waals surface area contributed by atoms with Crippen LogP contribution < -0.4 is 16.0 Å². The second-order valence-corrected chi connectivity index (χ2v) is 8.03. The van der Waals surface area contributed by atoms with Crippen molar-refractivity contribution >= 4 is 29.4 Å². The highest BCUT2D eigenvalue weighted by atomic mass is 16.2. The molecule has 0 aromatic carbocycles. The summed E-state index contributed by atoms with van der Waals surface area (Å²) in [6.45, 7) is 3.04. The molecular weight excluding hydrogens is 380 g/mol. The molecule has 30 heavy (non-hydrogen) atoms. The molecule has 2 atom stereocenters. The molecule has 1 saturated carbocycles. The molecule has 8 nitrogen and oxygen atoms in total. The lowest BCUT2D eigenvalue weighted by Crippen LogP contribution is -2.31. The van der Waals surface area contributed by atoms with Gasteiger partial charge in [-0.05, 0) is 37.3 Å². The first kappa shape index (κ1) is 20.1. The number of nitrogens with one attached hydrogen (secondary N) is 3. The normalized spacial score (nSPS) is 20.3. The van der Waals surface area contributed by atoms with Crippen molar-refractivity contribution in [1.29, 1.82) is 0 Å². The maximum Gasteiger partial charge on any atom is 0.275 e. The van der Waals surface area contributed by atoms with E-state index >= 15 is 0 Å². The van der Waals surface area contributed by atoms with Gasteiger partial charge in [0.15, 0.2) is 0 Å². The molecule has 8 heteroatoms. The molecule has 0 saturated heterocycles. The first-order valence-electron chi connectivity index (χ1n) is 10.6. The lowest BCUT2D eigenvalue weighted by molar-refractivity contribution is 0.0961. The quantitative estimate of drug-likeness (QED) is 0.705. The molecular formula is C22H28N6O2. The van der Waals surface area contributed by atoms with Gasteiger partial charge in [0.25, 0.3) is 11.8 Å². The molecule has 2 unspecified atom stereocenters. The summed E-state index contributed by atoms with van der Waals surface area (Å²) in [4.78, 5) is 33.9. The number of carbonyl (C=O) groups excluding carboxylic acids is 2. The monoisotopic (exact) mass is 408 g/mol. The highest BCUT2D eigenvalue weighted by Gasteiger charge is 2.24. The Morgan fingerprint density at radius 1 is 1.20 bits per heavy atom. The van der Waals surface area contributed by atoms with Crippen molar-refractivity contribution in [1.82, 2.24) is 19.9 Å². The summed E-state index contributed by atoms with van der Waals surface area (Å²) in [5.74, 6) is 1.31. The molecule has 2 aromatic heterocycles. The summed E-state index contributed by atoms with van der Waals surface area (Å²) >= 11 is 0. The Morgan fingerprint density at radius 2 is 2.03 bits per heavy atom. The summed E-state index contributed by atoms with van der Waals surface area (Å²) in [5.41, 5.74) is 1.22. The van der Waals surface area contributed by atoms with Gasteiger partial charge in [-0.3, -0.25) is 9.59 Å². The number of carbonyl (C=O) groups is 2. The number of hydrogen-bond donors (Lipinski definition) is 3. The van der Waals surface area contributed by atoms with E-state index in [9.17, 15) is 9.59 Å². The van der Waals surface area contributed by atoms with E-state index in [4.69, 9.17) is 0 Å². The van der Waals surface area contributed by atoms with Crippen LogP contribution in [0.5, 0.6) is 0 Å². The summed E-state index contributed by atoms with van der Waals surface area (Å²) in [6.07, 6.45) is 12.8. The van der Waals surface area contributed by atoms with Gasteiger partial charge in [0, 0.05) is 32.0 Å². The zero-order chi connectivity index (χ0) is 21.1. The van der Waals surface area contributed by atoms with E-state index in [1.165, 1.54) is 25.5 Å². The van der Waals surface area contributed by atoms with Crippen molar-refractivity contribution in [3.05, 3.63) is 41.6 Å². The van der Waals surface area contributed by atoms with Crippen LogP contribution in [-0.2, 0) is 6.54 Å². The first-order valence-corrected chi connectivity index (χ1v) is 10.6. The Labute approximate surface area is 176 Å². The molecule has 3 heterocycles. The maximum absolute atomic E-state index is 12.9. The Balaban J connectivity index is 1.60. The van der Waals surface area contributed by atoms with Gasteiger partial charge in [-0.2, -0.15) is 0 Å². The Hall–Kier alpha value is -3.16. The van der Waals surface area contributed by atoms with Gasteiger partial charge < -0.3 is 20.5 Å². The minimum absolute atomic E-state index is 0.252. The summed E-state index contributed by atoms with van der Waals surface area (Å²) < 4.78 is 1.97. The third kappa shape index (κ3) is 4.22. The van der Waals surface area contributed by atoms with Gasteiger partial charge in [-0.25, -0.2) is 9.97 Å². The lowest BCUT2D eigenvalue weighted by atomic mass is 9.86. The average molecular weight is 409 g/mol. The maximum atomic E-state index is 12.9. The van der Waals surface area contributed by atoms with E-state index < -0.39 is 0 Å². The zero-order valence-corrected chi connectivity index (χ0v) is 17.4. The van der Waals surface area contributed by atoms with Crippen LogP contribution in [0, 0.1) is 5.92 Å². The predicted molar refractivity (Wildman–Crippen MR) is 117 cm³/mol. The third-order valence-electron chi connectivity index (χ3n) is 5.90. The zero-order valence-electron chi connectivity index (χ0n) is 17.4. The topological polar surface area (TPSA) is 101 Å². The van der Waals surface area contributed by atoms with Crippen LogP contribution in [0.25, 0.3) is 6.08 Å². The molecule has 1 aliphatic carbocycles. The molecule has 0 spiro atoms. The first-order chi connectivity index (χ1) is 14.5. The van der Waals surface area contributed by atoms with Crippen molar-refractivity contribution in [2.24, 2.45) is 5.92 Å². The predicted octanol–water partition coefficient (Wildman–Crippen LogP) is 3.30. The average Bonchev–Trinajstić information content (AvgIpc) is 3.20. The number of nitrogens with zero attached hydrogens (tertiary/aromatic N) is 3. The SMILES string of the molecule is CNC(=O)c1cnc(NC2CCCCC2C)c(NC(=O)c2cn3c(n2)C=CCC3)c1. The molecule has 2 aliphatic rings. The number of allylic oxidation sites excluding steroid dienone is 1. The minimum atomic E-state index is -0.319. The Kier molecular flexibility index (Phi) is 5.83. The van der Waals surface area contributed by atoms with Crippen LogP contribution in [0.1, 0.15) is 65.7 Å². The number of amides is 2. The molecule has 1 aliphatic heterocycles. The van der Waals surface area contributed by atoms with Crippen LogP contribution in [0.2, 0.25) is 0 Å². The van der Waals surface area contributed by atoms with Gasteiger partial charge in [-0.15, -0.1) is 0 Å². The van der Waals surface area contributed by atoms with E-state index in [1.807, 2.05) is 16.7 Å². The summed E-state index contributed by atoms with van der Waals surface area (Å²) in [5, 5.41) is 9.01. The van der Waals surface area contributed by atoms with Crippen LogP contribution in [-0.4, -0.2) is 39.4 Å². The summed E-state index contributed by atoms with van der Waals surface area (Å²) in [6, 6.07) is 1.95. The van der Waals surface area contributed by atoms with E-state index in [0.29, 0.717) is 28.7 Å². The number of hydrogen-bond acceptors (Lipinski definition) is 5. The van der Waals surface area contributed by atoms with Crippen molar-refractivity contribution < 1.29 is 9.59 Å². The number of fused-ring (bicyclic) bond motifs is 1. The highest BCUT2D eigenvalue weighted by Crippen LogP contribution is 2.29. The third-order valence-corrected chi connectivity index (χ3v) is 5.90. The van der Waals surface area contributed by atoms with Crippen molar-refractivity contribution in [2.75, 3.05) is 17.7 Å². The van der Waals surface area contributed by atoms with Crippen LogP contribution in [0.3, 0.4) is 0 Å². The van der Waals surface area contributed by atoms with Gasteiger partial charge in [0.2, 0.25) is 0 Å². The largest absolute Gasteiger partial charge is 0.365 e. The van der Waals surface area contributed by atoms with E-state index in [2.05, 4.69) is 32.8 Å². The van der Waals surface area contributed by atoms with Gasteiger partial charge >= 0.3 is 0 Å². The molecule has 1 fully saturated rings. The standard InChI is InChI=1S/C22H28N6O2/c1-14-7-3-4-8-16(14)26-20-17(11-15(12-24-20)21(29)23-2)27-22(30)18-13-28-10-6-5-9-19(28)25-18/h5,9,11-14,16H,3-4,6-8,10H2,1-2H3,(H,23,29)(H,24,26)(H,27,30). The Bertz CT molecular complexity index is 980. The van der Waals surface area contributed by atoms with Crippen LogP contribution >= 0.6 is 0 Å². The van der Waals surface area contributed by atoms with E-state index in [1.54, 1.807) is 19.3 Å². The number of anilines is 2. The molecule has 0 radical (unpaired) electrons. The fourth-order valence-electron chi connectivity index (χ4n) is 4.09. The van der Waals surface area contributed by atoms with Crippen molar-refractivity contribution in [3.63, 3.8) is 0 Å². The molecule has 158 valence electrons. The van der Waals surface area contributed by atoms with Crippen molar-refractivity contribution in [2.45, 2.75) is 51.6 Å². The minimum Gasteiger partial charge on any atom is -0.365 e. The number of pyridine rings is 1. The van der Waals surface area contributed by atoms with Gasteiger partial charge in [-0.1, -0.05) is 25.8 Å². The number of aryl methyl sites for hydroxylation is 1. The van der Waals surface area contributed by atoms with Crippen molar-refractivity contribution in [3.8, 4) is 0 Å². The van der Waals surface area contributed by atoms with Gasteiger partial charge in [0.05, 0.1) is 11.3 Å². The molecule has 2 amide bonds. The highest BCUT2D eigenvalue weighted by molar-refractivity contribution is 6.05. The smallest absolute Gasteiger partial charge is 0.275 e.